The summed E-state index contributed by atoms with van der Waals surface area (Å²) in [6.07, 6.45) is 11.5. The minimum atomic E-state index is -4.25. The van der Waals surface area contributed by atoms with Crippen LogP contribution in [0.2, 0.25) is 0 Å². The minimum Gasteiger partial charge on any atom is -0.329 e. The molecule has 0 saturated carbocycles. The predicted molar refractivity (Wildman–Crippen MR) is 85.6 cm³/mol. The zero-order valence-electron chi connectivity index (χ0n) is 13.1. The van der Waals surface area contributed by atoms with Crippen molar-refractivity contribution in [1.82, 2.24) is 5.32 Å². The van der Waals surface area contributed by atoms with E-state index in [1.807, 2.05) is 0 Å². The second-order valence-electron chi connectivity index (χ2n) is 5.32. The molecule has 0 aliphatic carbocycles. The van der Waals surface area contributed by atoms with Crippen LogP contribution < -0.4 is 11.1 Å². The van der Waals surface area contributed by atoms with Gasteiger partial charge >= 0.3 is 10.4 Å². The first-order valence-electron chi connectivity index (χ1n) is 8.09. The molecule has 0 aromatic rings. The van der Waals surface area contributed by atoms with Crippen molar-refractivity contribution >= 4 is 10.4 Å². The average Bonchev–Trinajstić information content (AvgIpc) is 2.42. The average molecular weight is 324 g/mol. The smallest absolute Gasteiger partial charge is 0.329 e. The predicted octanol–water partition coefficient (Wildman–Crippen LogP) is 2.26. The van der Waals surface area contributed by atoms with E-state index in [0.29, 0.717) is 13.0 Å². The van der Waals surface area contributed by atoms with Gasteiger partial charge in [-0.25, -0.2) is 4.18 Å². The molecule has 0 saturated heterocycles. The molecule has 0 aliphatic rings. The highest BCUT2D eigenvalue weighted by Gasteiger charge is 2.02. The summed E-state index contributed by atoms with van der Waals surface area (Å²) >= 11 is 0. The zero-order chi connectivity index (χ0) is 15.8. The highest BCUT2D eigenvalue weighted by molar-refractivity contribution is 7.80. The van der Waals surface area contributed by atoms with E-state index in [-0.39, 0.29) is 6.61 Å². The Hall–Kier alpha value is -0.210. The Bertz CT molecular complexity index is 310. The summed E-state index contributed by atoms with van der Waals surface area (Å²) in [7, 11) is -4.25. The van der Waals surface area contributed by atoms with Crippen molar-refractivity contribution in [3.05, 3.63) is 0 Å². The van der Waals surface area contributed by atoms with Gasteiger partial charge in [0.1, 0.15) is 0 Å². The molecule has 0 radical (unpaired) electrons. The maximum absolute atomic E-state index is 10.3. The summed E-state index contributed by atoms with van der Waals surface area (Å²) in [5.74, 6) is 0. The Morgan fingerprint density at radius 1 is 0.810 bits per heavy atom. The first-order valence-corrected chi connectivity index (χ1v) is 9.45. The molecular formula is C14H32N2O4S. The quantitative estimate of drug-likeness (QED) is 0.297. The van der Waals surface area contributed by atoms with Crippen LogP contribution >= 0.6 is 0 Å². The van der Waals surface area contributed by atoms with Gasteiger partial charge in [-0.2, -0.15) is 8.42 Å². The molecule has 0 rings (SSSR count). The van der Waals surface area contributed by atoms with Crippen LogP contribution in [-0.2, 0) is 14.6 Å². The summed E-state index contributed by atoms with van der Waals surface area (Å²) in [5.41, 5.74) is 5.39. The van der Waals surface area contributed by atoms with Crippen LogP contribution in [0.4, 0.5) is 0 Å². The molecule has 0 heterocycles. The molecule has 7 heteroatoms. The van der Waals surface area contributed by atoms with E-state index in [0.717, 1.165) is 25.9 Å². The first-order chi connectivity index (χ1) is 10.1. The normalized spacial score (nSPS) is 11.9. The van der Waals surface area contributed by atoms with Crippen molar-refractivity contribution in [2.75, 3.05) is 26.2 Å². The monoisotopic (exact) mass is 324 g/mol. The maximum atomic E-state index is 10.3. The molecule has 0 fully saturated rings. The fourth-order valence-corrected chi connectivity index (χ4v) is 2.49. The molecule has 0 unspecified atom stereocenters. The third-order valence-corrected chi connectivity index (χ3v) is 3.77. The molecule has 6 nitrogen and oxygen atoms in total. The molecule has 0 atom stereocenters. The van der Waals surface area contributed by atoms with Gasteiger partial charge in [0.15, 0.2) is 0 Å². The number of nitrogens with two attached hydrogens (primary N) is 1. The lowest BCUT2D eigenvalue weighted by Crippen LogP contribution is -2.23. The first kappa shape index (κ1) is 20.8. The molecule has 0 amide bonds. The lowest BCUT2D eigenvalue weighted by Gasteiger charge is -2.04. The number of unbranched alkanes of at least 4 members (excludes halogenated alkanes) is 9. The summed E-state index contributed by atoms with van der Waals surface area (Å²) in [4.78, 5) is 0. The second kappa shape index (κ2) is 14.7. The Balaban J connectivity index is 3.03. The highest BCUT2D eigenvalue weighted by Crippen LogP contribution is 2.10. The highest BCUT2D eigenvalue weighted by atomic mass is 32.3. The van der Waals surface area contributed by atoms with Crippen LogP contribution in [0.15, 0.2) is 0 Å². The number of hydrogen-bond acceptors (Lipinski definition) is 5. The summed E-state index contributed by atoms with van der Waals surface area (Å²) in [5, 5.41) is 3.29. The van der Waals surface area contributed by atoms with Gasteiger partial charge in [-0.3, -0.25) is 4.55 Å². The largest absolute Gasteiger partial charge is 0.397 e. The lowest BCUT2D eigenvalue weighted by molar-refractivity contribution is 0.261. The molecule has 0 spiro atoms. The second-order valence-corrected chi connectivity index (χ2v) is 6.42. The molecule has 0 aliphatic heterocycles. The van der Waals surface area contributed by atoms with Crippen LogP contribution in [0.1, 0.15) is 64.2 Å². The van der Waals surface area contributed by atoms with Gasteiger partial charge < -0.3 is 11.1 Å². The number of nitrogens with one attached hydrogen (secondary N) is 1. The van der Waals surface area contributed by atoms with E-state index >= 15 is 0 Å². The van der Waals surface area contributed by atoms with Crippen molar-refractivity contribution in [2.24, 2.45) is 5.73 Å². The third-order valence-electron chi connectivity index (χ3n) is 3.30. The molecule has 0 aromatic carbocycles. The van der Waals surface area contributed by atoms with E-state index in [1.54, 1.807) is 0 Å². The number of rotatable bonds is 16. The van der Waals surface area contributed by atoms with Gasteiger partial charge in [0.05, 0.1) is 6.61 Å². The van der Waals surface area contributed by atoms with E-state index in [2.05, 4.69) is 9.50 Å². The molecule has 0 bridgehead atoms. The summed E-state index contributed by atoms with van der Waals surface area (Å²) in [6, 6.07) is 0. The van der Waals surface area contributed by atoms with Gasteiger partial charge in [0.2, 0.25) is 0 Å². The molecule has 21 heavy (non-hydrogen) atoms. The van der Waals surface area contributed by atoms with Crippen molar-refractivity contribution in [3.63, 3.8) is 0 Å². The van der Waals surface area contributed by atoms with E-state index in [1.165, 1.54) is 44.9 Å². The Morgan fingerprint density at radius 2 is 1.29 bits per heavy atom. The molecule has 0 aromatic heterocycles. The van der Waals surface area contributed by atoms with Gasteiger partial charge in [0, 0.05) is 13.1 Å². The van der Waals surface area contributed by atoms with Gasteiger partial charge in [-0.05, 0) is 19.4 Å². The van der Waals surface area contributed by atoms with E-state index in [9.17, 15) is 8.42 Å². The van der Waals surface area contributed by atoms with Crippen molar-refractivity contribution < 1.29 is 17.2 Å². The van der Waals surface area contributed by atoms with Crippen molar-refractivity contribution in [2.45, 2.75) is 64.2 Å². The standard InChI is InChI=1S/C14H32N2O4S/c15-11-13-16-12-9-7-5-3-1-2-4-6-8-10-14-20-21(17,18)19/h16H,1-15H2,(H,17,18,19). The Kier molecular flexibility index (Phi) is 14.6. The fourth-order valence-electron chi connectivity index (χ4n) is 2.16. The molecule has 128 valence electrons. The van der Waals surface area contributed by atoms with E-state index < -0.39 is 10.4 Å². The third kappa shape index (κ3) is 19.8. The summed E-state index contributed by atoms with van der Waals surface area (Å²) in [6.45, 7) is 2.77. The Labute approximate surface area is 129 Å². The van der Waals surface area contributed by atoms with Crippen LogP contribution in [0, 0.1) is 0 Å². The maximum Gasteiger partial charge on any atom is 0.397 e. The van der Waals surface area contributed by atoms with Crippen molar-refractivity contribution in [3.8, 4) is 0 Å². The fraction of sp³-hybridized carbons (Fsp3) is 1.00. The van der Waals surface area contributed by atoms with Crippen LogP contribution in [0.5, 0.6) is 0 Å². The van der Waals surface area contributed by atoms with Gasteiger partial charge in [-0.1, -0.05) is 51.4 Å². The zero-order valence-corrected chi connectivity index (χ0v) is 13.9. The SMILES string of the molecule is NCCNCCCCCCCCCCCCOS(=O)(=O)O. The molecular weight excluding hydrogens is 292 g/mol. The van der Waals surface area contributed by atoms with Gasteiger partial charge in [-0.15, -0.1) is 0 Å². The topological polar surface area (TPSA) is 102 Å². The molecule has 4 N–H and O–H groups in total. The number of hydrogen-bond donors (Lipinski definition) is 3. The minimum absolute atomic E-state index is 0.0804. The van der Waals surface area contributed by atoms with E-state index in [4.69, 9.17) is 10.3 Å². The summed E-state index contributed by atoms with van der Waals surface area (Å²) < 4.78 is 33.2. The van der Waals surface area contributed by atoms with Crippen molar-refractivity contribution in [1.29, 1.82) is 0 Å². The van der Waals surface area contributed by atoms with Crippen LogP contribution in [0.3, 0.4) is 0 Å². The Morgan fingerprint density at radius 3 is 1.76 bits per heavy atom. The lowest BCUT2D eigenvalue weighted by atomic mass is 10.1. The van der Waals surface area contributed by atoms with Gasteiger partial charge in [0.25, 0.3) is 0 Å². The van der Waals surface area contributed by atoms with Crippen LogP contribution in [0.25, 0.3) is 0 Å². The van der Waals surface area contributed by atoms with Crippen LogP contribution in [-0.4, -0.2) is 39.2 Å².